The van der Waals surface area contributed by atoms with E-state index in [1.165, 1.54) is 16.7 Å². The number of ether oxygens (including phenoxy) is 1. The molecular formula is C28H31Cl2N3O4S. The number of carbonyl (C=O) groups is 2. The van der Waals surface area contributed by atoms with Crippen molar-refractivity contribution in [2.45, 2.75) is 58.7 Å². The number of carbonyl (C=O) groups excluding carboxylic acids is 1. The second-order valence-electron chi connectivity index (χ2n) is 10.8. The Balaban J connectivity index is 1.86. The average Bonchev–Trinajstić information content (AvgIpc) is 3.31. The summed E-state index contributed by atoms with van der Waals surface area (Å²) in [4.78, 5) is 33.8. The highest BCUT2D eigenvalue weighted by molar-refractivity contribution is 8.18. The van der Waals surface area contributed by atoms with E-state index < -0.39 is 23.2 Å². The van der Waals surface area contributed by atoms with Gasteiger partial charge in [0.05, 0.1) is 16.8 Å². The lowest BCUT2D eigenvalue weighted by Crippen LogP contribution is -2.37. The summed E-state index contributed by atoms with van der Waals surface area (Å²) in [5, 5.41) is 11.6. The summed E-state index contributed by atoms with van der Waals surface area (Å²) in [7, 11) is 1.62. The molecule has 0 unspecified atom stereocenters. The molecule has 2 aromatic carbocycles. The molecule has 2 atom stereocenters. The zero-order valence-corrected chi connectivity index (χ0v) is 24.7. The molecule has 0 aromatic heterocycles. The summed E-state index contributed by atoms with van der Waals surface area (Å²) in [5.74, 6) is -1.03. The molecule has 2 aliphatic rings. The molecule has 0 aliphatic carbocycles. The van der Waals surface area contributed by atoms with Crippen molar-refractivity contribution in [3.05, 3.63) is 74.2 Å². The molecule has 1 amide bonds. The lowest BCUT2D eigenvalue weighted by molar-refractivity contribution is -0.131. The van der Waals surface area contributed by atoms with Gasteiger partial charge >= 0.3 is 12.1 Å². The number of carboxylic acids is 1. The van der Waals surface area contributed by atoms with Crippen LogP contribution in [0, 0.1) is 5.92 Å². The molecule has 4 rings (SSSR count). The minimum Gasteiger partial charge on any atom is -0.477 e. The molecule has 10 heteroatoms. The van der Waals surface area contributed by atoms with Crippen molar-refractivity contribution in [3.8, 4) is 0 Å². The van der Waals surface area contributed by atoms with E-state index in [2.05, 4.69) is 0 Å². The smallest absolute Gasteiger partial charge is 0.414 e. The molecule has 7 nitrogen and oxygen atoms in total. The second-order valence-corrected chi connectivity index (χ2v) is 12.7. The SMILES string of the molecule is CC(C)C1=C(C(=O)O)SC2=N[C@@](C)(c3ccc(Cl)c(N(C)C(=O)OC(C)(C)C)c3)[C@@H](c3ccc(Cl)cc3)N21. The fourth-order valence-electron chi connectivity index (χ4n) is 4.79. The lowest BCUT2D eigenvalue weighted by atomic mass is 9.81. The third-order valence-electron chi connectivity index (χ3n) is 6.50. The number of anilines is 1. The number of allylic oxidation sites excluding steroid dienone is 1. The van der Waals surface area contributed by atoms with Crippen LogP contribution in [0.3, 0.4) is 0 Å². The number of thioether (sulfide) groups is 1. The van der Waals surface area contributed by atoms with Gasteiger partial charge in [0.25, 0.3) is 0 Å². The van der Waals surface area contributed by atoms with Gasteiger partial charge in [0, 0.05) is 17.8 Å². The van der Waals surface area contributed by atoms with Crippen LogP contribution < -0.4 is 4.90 Å². The van der Waals surface area contributed by atoms with E-state index in [9.17, 15) is 14.7 Å². The third kappa shape index (κ3) is 5.14. The number of benzene rings is 2. The van der Waals surface area contributed by atoms with E-state index in [-0.39, 0.29) is 16.9 Å². The number of amides is 1. The van der Waals surface area contributed by atoms with Crippen molar-refractivity contribution in [1.29, 1.82) is 0 Å². The summed E-state index contributed by atoms with van der Waals surface area (Å²) in [6, 6.07) is 12.6. The molecule has 0 saturated carbocycles. The number of hydrogen-bond donors (Lipinski definition) is 1. The quantitative estimate of drug-likeness (QED) is 0.393. The van der Waals surface area contributed by atoms with Crippen molar-refractivity contribution in [2.24, 2.45) is 10.9 Å². The maximum absolute atomic E-state index is 12.9. The Kier molecular flexibility index (Phi) is 7.55. The Morgan fingerprint density at radius 2 is 1.79 bits per heavy atom. The third-order valence-corrected chi connectivity index (χ3v) is 8.13. The molecule has 0 saturated heterocycles. The number of hydrogen-bond acceptors (Lipinski definition) is 6. The van der Waals surface area contributed by atoms with E-state index in [0.717, 1.165) is 11.1 Å². The maximum atomic E-state index is 12.9. The molecule has 1 N–H and O–H groups in total. The van der Waals surface area contributed by atoms with Crippen molar-refractivity contribution in [1.82, 2.24) is 4.90 Å². The Bertz CT molecular complexity index is 1350. The van der Waals surface area contributed by atoms with Crippen LogP contribution in [-0.2, 0) is 15.1 Å². The summed E-state index contributed by atoms with van der Waals surface area (Å²) < 4.78 is 5.55. The highest BCUT2D eigenvalue weighted by atomic mass is 35.5. The first-order chi connectivity index (χ1) is 17.6. The fraction of sp³-hybridized carbons (Fsp3) is 0.393. The van der Waals surface area contributed by atoms with Crippen LogP contribution in [0.1, 0.15) is 58.7 Å². The van der Waals surface area contributed by atoms with Crippen LogP contribution in [0.5, 0.6) is 0 Å². The van der Waals surface area contributed by atoms with Crippen LogP contribution in [-0.4, -0.2) is 39.9 Å². The Labute approximate surface area is 237 Å². The number of aliphatic carboxylic acids is 1. The van der Waals surface area contributed by atoms with Gasteiger partial charge in [-0.15, -0.1) is 0 Å². The van der Waals surface area contributed by atoms with Crippen LogP contribution in [0.25, 0.3) is 0 Å². The molecule has 0 bridgehead atoms. The molecule has 0 radical (unpaired) electrons. The van der Waals surface area contributed by atoms with E-state index in [1.807, 2.05) is 62.1 Å². The zero-order valence-electron chi connectivity index (χ0n) is 22.4. The van der Waals surface area contributed by atoms with Crippen molar-refractivity contribution in [3.63, 3.8) is 0 Å². The Morgan fingerprint density at radius 1 is 1.16 bits per heavy atom. The van der Waals surface area contributed by atoms with Gasteiger partial charge in [-0.05, 0) is 80.8 Å². The number of amidine groups is 1. The summed E-state index contributed by atoms with van der Waals surface area (Å²) in [6.45, 7) is 11.4. The Hall–Kier alpha value is -2.68. The van der Waals surface area contributed by atoms with E-state index >= 15 is 0 Å². The van der Waals surface area contributed by atoms with Gasteiger partial charge in [0.1, 0.15) is 16.0 Å². The standard InChI is InChI=1S/C28H31Cl2N3O4S/c1-15(2)21-22(24(34)35)38-25-31-28(6,23(33(21)25)16-8-11-18(29)12-9-16)17-10-13-19(30)20(14-17)32(7)26(36)37-27(3,4)5/h8-15,23H,1-7H3,(H,34,35)/t23-,28+/m1/s1. The van der Waals surface area contributed by atoms with Crippen molar-refractivity contribution < 1.29 is 19.4 Å². The lowest BCUT2D eigenvalue weighted by Gasteiger charge is -2.37. The number of nitrogens with zero attached hydrogens (tertiary/aromatic N) is 3. The first kappa shape index (κ1) is 28.3. The predicted molar refractivity (Wildman–Crippen MR) is 154 cm³/mol. The highest BCUT2D eigenvalue weighted by Crippen LogP contribution is 2.56. The number of aliphatic imine (C=N–C) groups is 1. The molecule has 38 heavy (non-hydrogen) atoms. The van der Waals surface area contributed by atoms with Gasteiger partial charge < -0.3 is 14.7 Å². The van der Waals surface area contributed by atoms with Gasteiger partial charge in [-0.3, -0.25) is 4.90 Å². The molecule has 0 fully saturated rings. The van der Waals surface area contributed by atoms with Gasteiger partial charge in [-0.25, -0.2) is 14.6 Å². The number of carboxylic acid groups (broad SMARTS) is 1. The van der Waals surface area contributed by atoms with Crippen molar-refractivity contribution >= 4 is 57.9 Å². The fourth-order valence-corrected chi connectivity index (χ4v) is 6.41. The van der Waals surface area contributed by atoms with E-state index in [0.29, 0.717) is 26.6 Å². The largest absolute Gasteiger partial charge is 0.477 e. The Morgan fingerprint density at radius 3 is 2.34 bits per heavy atom. The summed E-state index contributed by atoms with van der Waals surface area (Å²) >= 11 is 13.9. The zero-order chi connectivity index (χ0) is 28.2. The van der Waals surface area contributed by atoms with E-state index in [1.54, 1.807) is 33.9 Å². The summed E-state index contributed by atoms with van der Waals surface area (Å²) in [6.07, 6.45) is -0.527. The number of rotatable bonds is 5. The normalized spacial score (nSPS) is 21.1. The first-order valence-electron chi connectivity index (χ1n) is 12.2. The van der Waals surface area contributed by atoms with Crippen LogP contribution in [0.2, 0.25) is 10.0 Å². The molecular weight excluding hydrogens is 545 g/mol. The van der Waals surface area contributed by atoms with Gasteiger partial charge in [-0.1, -0.05) is 55.2 Å². The maximum Gasteiger partial charge on any atom is 0.414 e. The number of halogens is 2. The van der Waals surface area contributed by atoms with Crippen LogP contribution in [0.4, 0.5) is 10.5 Å². The topological polar surface area (TPSA) is 82.4 Å². The molecule has 202 valence electrons. The van der Waals surface area contributed by atoms with Gasteiger partial charge in [0.15, 0.2) is 5.17 Å². The highest BCUT2D eigenvalue weighted by Gasteiger charge is 2.53. The predicted octanol–water partition coefficient (Wildman–Crippen LogP) is 7.69. The van der Waals surface area contributed by atoms with E-state index in [4.69, 9.17) is 32.9 Å². The number of fused-ring (bicyclic) bond motifs is 1. The molecule has 2 aromatic rings. The minimum absolute atomic E-state index is 0.0578. The van der Waals surface area contributed by atoms with Gasteiger partial charge in [0.2, 0.25) is 0 Å². The summed E-state index contributed by atoms with van der Waals surface area (Å²) in [5.41, 5.74) is 1.44. The average molecular weight is 577 g/mol. The second kappa shape index (κ2) is 10.1. The van der Waals surface area contributed by atoms with Gasteiger partial charge in [-0.2, -0.15) is 0 Å². The first-order valence-corrected chi connectivity index (χ1v) is 13.8. The molecule has 2 aliphatic heterocycles. The van der Waals surface area contributed by atoms with Crippen molar-refractivity contribution in [2.75, 3.05) is 11.9 Å². The molecule has 2 heterocycles. The van der Waals surface area contributed by atoms with Crippen LogP contribution in [0.15, 0.2) is 58.1 Å². The molecule has 0 spiro atoms. The van der Waals surface area contributed by atoms with Crippen LogP contribution >= 0.6 is 35.0 Å². The monoisotopic (exact) mass is 575 g/mol. The minimum atomic E-state index is -0.972.